The first-order chi connectivity index (χ1) is 13.6. The zero-order chi connectivity index (χ0) is 19.5. The zero-order valence-corrected chi connectivity index (χ0v) is 16.5. The number of fused-ring (bicyclic) bond motifs is 1. The van der Waals surface area contributed by atoms with E-state index in [1.165, 1.54) is 9.80 Å². The molecule has 28 heavy (non-hydrogen) atoms. The van der Waals surface area contributed by atoms with Crippen molar-refractivity contribution in [2.24, 2.45) is 0 Å². The van der Waals surface area contributed by atoms with E-state index in [-0.39, 0.29) is 11.9 Å². The number of furan rings is 1. The van der Waals surface area contributed by atoms with Gasteiger partial charge in [0.15, 0.2) is 6.54 Å². The first-order valence-corrected chi connectivity index (χ1v) is 9.94. The van der Waals surface area contributed by atoms with E-state index < -0.39 is 0 Å². The average Bonchev–Trinajstić information content (AvgIpc) is 3.29. The number of nitrogens with zero attached hydrogens (tertiary/aromatic N) is 1. The van der Waals surface area contributed by atoms with Gasteiger partial charge in [0.2, 0.25) is 0 Å². The van der Waals surface area contributed by atoms with Crippen molar-refractivity contribution in [3.05, 3.63) is 53.6 Å². The zero-order valence-electron chi connectivity index (χ0n) is 16.5. The molecule has 7 nitrogen and oxygen atoms in total. The molecule has 1 amide bonds. The molecular weight excluding hydrogens is 356 g/mol. The predicted molar refractivity (Wildman–Crippen MR) is 104 cm³/mol. The maximum atomic E-state index is 12.5. The minimum atomic E-state index is -0.137. The summed E-state index contributed by atoms with van der Waals surface area (Å²) in [7, 11) is 0. The third-order valence-corrected chi connectivity index (χ3v) is 5.43. The second-order valence-electron chi connectivity index (χ2n) is 7.76. The Kier molecular flexibility index (Phi) is 5.45. The van der Waals surface area contributed by atoms with E-state index >= 15 is 0 Å². The lowest BCUT2D eigenvalue weighted by Gasteiger charge is -2.29. The molecule has 1 fully saturated rings. The van der Waals surface area contributed by atoms with Crippen LogP contribution in [-0.2, 0) is 11.3 Å². The number of carbonyl (C=O) groups excluding carboxylic acids is 1. The highest BCUT2D eigenvalue weighted by atomic mass is 16.5. The molecule has 2 aromatic heterocycles. The molecule has 0 radical (unpaired) electrons. The maximum absolute atomic E-state index is 12.5. The number of nitrogens with one attached hydrogen (secondary N) is 3. The number of amides is 1. The van der Waals surface area contributed by atoms with Crippen molar-refractivity contribution in [1.82, 2.24) is 10.5 Å². The molecule has 1 aliphatic rings. The van der Waals surface area contributed by atoms with Crippen LogP contribution in [0.1, 0.15) is 30.2 Å². The van der Waals surface area contributed by atoms with Crippen molar-refractivity contribution in [1.29, 1.82) is 0 Å². The van der Waals surface area contributed by atoms with Gasteiger partial charge in [0, 0.05) is 11.5 Å². The van der Waals surface area contributed by atoms with E-state index in [1.807, 2.05) is 50.2 Å². The van der Waals surface area contributed by atoms with Crippen molar-refractivity contribution < 1.29 is 23.5 Å². The van der Waals surface area contributed by atoms with Gasteiger partial charge in [-0.25, -0.2) is 0 Å². The standard InChI is InChI=1S/C21H26N4O3/c1-15-11-18(23-28-15)13-24-7-9-25(10-8-24)14-21(26)22-16(2)20-12-17-5-3-4-6-19(17)27-20/h3-6,11-12,16H,7-10,13-14H2,1-2H3,(H,22,26)/p+2/t16-/m1/s1. The summed E-state index contributed by atoms with van der Waals surface area (Å²) < 4.78 is 11.0. The number of aryl methyl sites for hydroxylation is 1. The largest absolute Gasteiger partial charge is 0.459 e. The fourth-order valence-electron chi connectivity index (χ4n) is 3.87. The van der Waals surface area contributed by atoms with Gasteiger partial charge >= 0.3 is 0 Å². The predicted octanol–water partition coefficient (Wildman–Crippen LogP) is -0.110. The summed E-state index contributed by atoms with van der Waals surface area (Å²) in [6.07, 6.45) is 0. The summed E-state index contributed by atoms with van der Waals surface area (Å²) in [6.45, 7) is 9.31. The third-order valence-electron chi connectivity index (χ3n) is 5.43. The van der Waals surface area contributed by atoms with Crippen molar-refractivity contribution in [2.45, 2.75) is 26.4 Å². The molecule has 0 aliphatic carbocycles. The number of quaternary nitrogens is 2. The summed E-state index contributed by atoms with van der Waals surface area (Å²) in [4.78, 5) is 15.3. The van der Waals surface area contributed by atoms with Crippen molar-refractivity contribution >= 4 is 16.9 Å². The summed E-state index contributed by atoms with van der Waals surface area (Å²) >= 11 is 0. The Bertz CT molecular complexity index is 907. The Hall–Kier alpha value is -2.64. The molecule has 4 rings (SSSR count). The van der Waals surface area contributed by atoms with Crippen molar-refractivity contribution in [3.63, 3.8) is 0 Å². The third kappa shape index (κ3) is 4.43. The van der Waals surface area contributed by atoms with E-state index in [1.54, 1.807) is 0 Å². The van der Waals surface area contributed by atoms with Gasteiger partial charge in [-0.2, -0.15) is 0 Å². The van der Waals surface area contributed by atoms with Crippen LogP contribution in [0.4, 0.5) is 0 Å². The smallest absolute Gasteiger partial charge is 0.275 e. The summed E-state index contributed by atoms with van der Waals surface area (Å²) in [5, 5.41) is 8.22. The summed E-state index contributed by atoms with van der Waals surface area (Å²) in [6, 6.07) is 11.8. The first-order valence-electron chi connectivity index (χ1n) is 9.94. The molecule has 0 bridgehead atoms. The van der Waals surface area contributed by atoms with Gasteiger partial charge in [-0.1, -0.05) is 23.4 Å². The first kappa shape index (κ1) is 18.7. The second kappa shape index (κ2) is 8.16. The molecule has 0 saturated carbocycles. The number of hydrogen-bond donors (Lipinski definition) is 3. The van der Waals surface area contributed by atoms with E-state index in [9.17, 15) is 4.79 Å². The quantitative estimate of drug-likeness (QED) is 0.554. The number of aromatic nitrogens is 1. The van der Waals surface area contributed by atoms with Crippen LogP contribution in [0.25, 0.3) is 11.0 Å². The molecular formula is C21H28N4O3+2. The van der Waals surface area contributed by atoms with Crippen molar-refractivity contribution in [3.8, 4) is 0 Å². The van der Waals surface area contributed by atoms with Gasteiger partial charge in [0.25, 0.3) is 5.91 Å². The van der Waals surface area contributed by atoms with E-state index in [4.69, 9.17) is 8.94 Å². The van der Waals surface area contributed by atoms with Crippen LogP contribution >= 0.6 is 0 Å². The Morgan fingerprint density at radius 3 is 2.64 bits per heavy atom. The molecule has 1 saturated heterocycles. The molecule has 0 unspecified atom stereocenters. The van der Waals surface area contributed by atoms with Crippen LogP contribution in [0.15, 0.2) is 45.3 Å². The Labute approximate surface area is 164 Å². The molecule has 3 aromatic rings. The molecule has 0 spiro atoms. The number of carbonyl (C=O) groups is 1. The van der Waals surface area contributed by atoms with E-state index in [0.717, 1.165) is 60.9 Å². The second-order valence-corrected chi connectivity index (χ2v) is 7.76. The SMILES string of the molecule is Cc1cc(C[NH+]2CC[NH+](CC(=O)N[C@H](C)c3cc4ccccc4o3)CC2)no1. The van der Waals surface area contributed by atoms with Crippen LogP contribution in [0.3, 0.4) is 0 Å². The van der Waals surface area contributed by atoms with Crippen LogP contribution in [0.5, 0.6) is 0 Å². The number of rotatable bonds is 6. The lowest BCUT2D eigenvalue weighted by molar-refractivity contribution is -1.02. The van der Waals surface area contributed by atoms with Crippen LogP contribution < -0.4 is 15.1 Å². The van der Waals surface area contributed by atoms with Crippen LogP contribution in [0, 0.1) is 6.92 Å². The highest BCUT2D eigenvalue weighted by molar-refractivity contribution is 5.79. The lowest BCUT2D eigenvalue weighted by atomic mass is 10.2. The summed E-state index contributed by atoms with van der Waals surface area (Å²) in [5.41, 5.74) is 1.86. The number of benzene rings is 1. The van der Waals surface area contributed by atoms with Gasteiger partial charge in [-0.05, 0) is 26.0 Å². The monoisotopic (exact) mass is 384 g/mol. The highest BCUT2D eigenvalue weighted by Gasteiger charge is 2.26. The number of piperazine rings is 1. The fourth-order valence-corrected chi connectivity index (χ4v) is 3.87. The van der Waals surface area contributed by atoms with Gasteiger partial charge in [0.05, 0.1) is 6.04 Å². The minimum Gasteiger partial charge on any atom is -0.459 e. The number of para-hydroxylation sites is 1. The van der Waals surface area contributed by atoms with Gasteiger partial charge in [-0.3, -0.25) is 4.79 Å². The number of hydrogen-bond acceptors (Lipinski definition) is 4. The highest BCUT2D eigenvalue weighted by Crippen LogP contribution is 2.23. The fraction of sp³-hybridized carbons (Fsp3) is 0.429. The van der Waals surface area contributed by atoms with Gasteiger partial charge in [0.1, 0.15) is 55.5 Å². The average molecular weight is 384 g/mol. The van der Waals surface area contributed by atoms with E-state index in [2.05, 4.69) is 10.5 Å². The molecule has 1 aliphatic heterocycles. The lowest BCUT2D eigenvalue weighted by Crippen LogP contribution is -3.28. The topological polar surface area (TPSA) is 77.2 Å². The van der Waals surface area contributed by atoms with Crippen molar-refractivity contribution in [2.75, 3.05) is 32.7 Å². The molecule has 3 heterocycles. The normalized spacial score (nSPS) is 20.9. The molecule has 1 atom stereocenters. The van der Waals surface area contributed by atoms with Gasteiger partial charge in [-0.15, -0.1) is 0 Å². The Morgan fingerprint density at radius 2 is 1.93 bits per heavy atom. The molecule has 3 N–H and O–H groups in total. The van der Waals surface area contributed by atoms with Crippen LogP contribution in [-0.4, -0.2) is 43.8 Å². The maximum Gasteiger partial charge on any atom is 0.275 e. The van der Waals surface area contributed by atoms with Gasteiger partial charge < -0.3 is 24.1 Å². The molecule has 148 valence electrons. The summed E-state index contributed by atoms with van der Waals surface area (Å²) in [5.74, 6) is 1.72. The Morgan fingerprint density at radius 1 is 1.18 bits per heavy atom. The minimum absolute atomic E-state index is 0.0681. The molecule has 7 heteroatoms. The van der Waals surface area contributed by atoms with Crippen LogP contribution in [0.2, 0.25) is 0 Å². The molecule has 1 aromatic carbocycles. The Balaban J connectivity index is 1.24. The van der Waals surface area contributed by atoms with E-state index in [0.29, 0.717) is 6.54 Å².